The number of hydrogen-bond acceptors (Lipinski definition) is 7. The van der Waals surface area contributed by atoms with E-state index in [1.807, 2.05) is 24.3 Å². The van der Waals surface area contributed by atoms with E-state index in [9.17, 15) is 5.26 Å². The van der Waals surface area contributed by atoms with Crippen molar-refractivity contribution in [2.45, 2.75) is 0 Å². The fourth-order valence-corrected chi connectivity index (χ4v) is 2.82. The minimum Gasteiger partial charge on any atom is -0.493 e. The van der Waals surface area contributed by atoms with Crippen molar-refractivity contribution < 1.29 is 13.9 Å². The summed E-state index contributed by atoms with van der Waals surface area (Å²) in [6.07, 6.45) is 3.62. The molecule has 7 heteroatoms. The maximum absolute atomic E-state index is 9.36. The third-order valence-electron chi connectivity index (χ3n) is 4.35. The Kier molecular flexibility index (Phi) is 5.44. The molecule has 136 valence electrons. The van der Waals surface area contributed by atoms with E-state index in [1.54, 1.807) is 20.3 Å². The van der Waals surface area contributed by atoms with E-state index in [0.29, 0.717) is 29.0 Å². The van der Waals surface area contributed by atoms with Crippen LogP contribution in [0.4, 0.5) is 5.88 Å². The highest BCUT2D eigenvalue weighted by Gasteiger charge is 2.22. The van der Waals surface area contributed by atoms with Crippen LogP contribution in [0, 0.1) is 11.3 Å². The lowest BCUT2D eigenvalue weighted by atomic mass is 10.2. The molecular weight excluding hydrogens is 332 g/mol. The summed E-state index contributed by atoms with van der Waals surface area (Å²) in [4.78, 5) is 8.60. The van der Waals surface area contributed by atoms with Crippen molar-refractivity contribution in [2.75, 3.05) is 52.3 Å². The molecule has 2 aromatic rings. The molecule has 26 heavy (non-hydrogen) atoms. The molecule has 0 bridgehead atoms. The zero-order chi connectivity index (χ0) is 18.5. The van der Waals surface area contributed by atoms with E-state index in [4.69, 9.17) is 13.9 Å². The maximum atomic E-state index is 9.36. The standard InChI is InChI=1S/C19H22N4O3/c1-22-8-10-23(11-9-22)19-15(13-20)21-18(26-19)7-5-14-4-6-16(24-2)17(12-14)25-3/h4-7,12H,8-11H2,1-3H3/b7-5+. The van der Waals surface area contributed by atoms with E-state index in [2.05, 4.69) is 27.9 Å². The van der Waals surface area contributed by atoms with Gasteiger partial charge in [0, 0.05) is 32.3 Å². The smallest absolute Gasteiger partial charge is 0.235 e. The number of hydrogen-bond donors (Lipinski definition) is 0. The number of anilines is 1. The number of nitrogens with zero attached hydrogens (tertiary/aromatic N) is 4. The van der Waals surface area contributed by atoms with Crippen molar-refractivity contribution in [3.05, 3.63) is 35.3 Å². The molecule has 0 spiro atoms. The van der Waals surface area contributed by atoms with Crippen molar-refractivity contribution in [2.24, 2.45) is 0 Å². The van der Waals surface area contributed by atoms with Crippen LogP contribution in [0.5, 0.6) is 11.5 Å². The van der Waals surface area contributed by atoms with Gasteiger partial charge >= 0.3 is 0 Å². The van der Waals surface area contributed by atoms with Crippen LogP contribution in [-0.2, 0) is 0 Å². The molecule has 1 fully saturated rings. The Morgan fingerprint density at radius 2 is 1.85 bits per heavy atom. The van der Waals surface area contributed by atoms with Crippen LogP contribution in [0.25, 0.3) is 12.2 Å². The van der Waals surface area contributed by atoms with Gasteiger partial charge in [-0.15, -0.1) is 0 Å². The van der Waals surface area contributed by atoms with Gasteiger partial charge in [0.2, 0.25) is 17.5 Å². The Morgan fingerprint density at radius 1 is 1.12 bits per heavy atom. The van der Waals surface area contributed by atoms with Crippen LogP contribution in [-0.4, -0.2) is 57.3 Å². The second-order valence-corrected chi connectivity index (χ2v) is 6.06. The maximum Gasteiger partial charge on any atom is 0.235 e. The Balaban J connectivity index is 1.80. The predicted octanol–water partition coefficient (Wildman–Crippen LogP) is 2.49. The molecule has 3 rings (SSSR count). The summed E-state index contributed by atoms with van der Waals surface area (Å²) in [5.41, 5.74) is 1.24. The van der Waals surface area contributed by atoms with Gasteiger partial charge < -0.3 is 23.7 Å². The summed E-state index contributed by atoms with van der Waals surface area (Å²) >= 11 is 0. The molecule has 0 aliphatic carbocycles. The molecule has 0 radical (unpaired) electrons. The van der Waals surface area contributed by atoms with Gasteiger partial charge in [0.05, 0.1) is 14.2 Å². The Bertz CT molecular complexity index is 830. The van der Waals surface area contributed by atoms with Gasteiger partial charge in [-0.2, -0.15) is 10.2 Å². The van der Waals surface area contributed by atoms with Crippen LogP contribution in [0.1, 0.15) is 17.1 Å². The molecule has 0 unspecified atom stereocenters. The molecule has 1 aliphatic rings. The normalized spacial score (nSPS) is 15.2. The van der Waals surface area contributed by atoms with Gasteiger partial charge in [-0.1, -0.05) is 6.07 Å². The molecule has 0 atom stereocenters. The molecule has 7 nitrogen and oxygen atoms in total. The fraction of sp³-hybridized carbons (Fsp3) is 0.368. The van der Waals surface area contributed by atoms with E-state index >= 15 is 0 Å². The van der Waals surface area contributed by atoms with E-state index in [-0.39, 0.29) is 0 Å². The van der Waals surface area contributed by atoms with Gasteiger partial charge in [0.15, 0.2) is 11.5 Å². The molecule has 2 heterocycles. The molecule has 0 N–H and O–H groups in total. The molecule has 1 aromatic heterocycles. The topological polar surface area (TPSA) is 74.8 Å². The lowest BCUT2D eigenvalue weighted by Crippen LogP contribution is -2.44. The summed E-state index contributed by atoms with van der Waals surface area (Å²) in [5, 5.41) is 9.36. The van der Waals surface area contributed by atoms with Crippen molar-refractivity contribution in [3.63, 3.8) is 0 Å². The second kappa shape index (κ2) is 7.93. The third kappa shape index (κ3) is 3.81. The monoisotopic (exact) mass is 354 g/mol. The summed E-state index contributed by atoms with van der Waals surface area (Å²) in [6.45, 7) is 3.50. The summed E-state index contributed by atoms with van der Waals surface area (Å²) in [7, 11) is 5.28. The number of ether oxygens (including phenoxy) is 2. The SMILES string of the molecule is COc1ccc(/C=C/c2nc(C#N)c(N3CCN(C)CC3)o2)cc1OC. The molecule has 1 saturated heterocycles. The highest BCUT2D eigenvalue weighted by atomic mass is 16.5. The molecule has 1 aliphatic heterocycles. The molecule has 1 aromatic carbocycles. The number of piperazine rings is 1. The summed E-state index contributed by atoms with van der Waals surface area (Å²) in [6, 6.07) is 7.74. The summed E-state index contributed by atoms with van der Waals surface area (Å²) < 4.78 is 16.4. The van der Waals surface area contributed by atoms with Crippen LogP contribution in [0.15, 0.2) is 22.6 Å². The van der Waals surface area contributed by atoms with Crippen LogP contribution >= 0.6 is 0 Å². The highest BCUT2D eigenvalue weighted by molar-refractivity contribution is 5.69. The number of rotatable bonds is 5. The van der Waals surface area contributed by atoms with Crippen LogP contribution in [0.3, 0.4) is 0 Å². The molecule has 0 saturated carbocycles. The van der Waals surface area contributed by atoms with Crippen molar-refractivity contribution in [1.82, 2.24) is 9.88 Å². The zero-order valence-electron chi connectivity index (χ0n) is 15.2. The first kappa shape index (κ1) is 17.8. The Labute approximate surface area is 153 Å². The average molecular weight is 354 g/mol. The Hall–Kier alpha value is -2.98. The number of methoxy groups -OCH3 is 2. The van der Waals surface area contributed by atoms with Crippen molar-refractivity contribution >= 4 is 18.0 Å². The van der Waals surface area contributed by atoms with Crippen molar-refractivity contribution in [3.8, 4) is 17.6 Å². The minimum atomic E-state index is 0.321. The third-order valence-corrected chi connectivity index (χ3v) is 4.35. The zero-order valence-corrected chi connectivity index (χ0v) is 15.2. The van der Waals surface area contributed by atoms with Gasteiger partial charge in [-0.25, -0.2) is 0 Å². The fourth-order valence-electron chi connectivity index (χ4n) is 2.82. The first-order valence-corrected chi connectivity index (χ1v) is 8.39. The molecular formula is C19H22N4O3. The first-order valence-electron chi connectivity index (χ1n) is 8.39. The van der Waals surface area contributed by atoms with Crippen LogP contribution in [0.2, 0.25) is 0 Å². The van der Waals surface area contributed by atoms with Crippen molar-refractivity contribution in [1.29, 1.82) is 5.26 Å². The number of nitriles is 1. The number of likely N-dealkylation sites (N-methyl/N-ethyl adjacent to an activating group) is 1. The molecule has 0 amide bonds. The second-order valence-electron chi connectivity index (χ2n) is 6.06. The Morgan fingerprint density at radius 3 is 2.50 bits per heavy atom. The highest BCUT2D eigenvalue weighted by Crippen LogP contribution is 2.29. The first-order chi connectivity index (χ1) is 12.6. The largest absolute Gasteiger partial charge is 0.493 e. The number of benzene rings is 1. The van der Waals surface area contributed by atoms with Gasteiger partial charge in [0.1, 0.15) is 6.07 Å². The van der Waals surface area contributed by atoms with E-state index < -0.39 is 0 Å². The van der Waals surface area contributed by atoms with E-state index in [1.165, 1.54) is 0 Å². The minimum absolute atomic E-state index is 0.321. The lowest BCUT2D eigenvalue weighted by molar-refractivity contribution is 0.306. The quantitative estimate of drug-likeness (QED) is 0.816. The van der Waals surface area contributed by atoms with E-state index in [0.717, 1.165) is 31.7 Å². The average Bonchev–Trinajstić information content (AvgIpc) is 3.10. The summed E-state index contributed by atoms with van der Waals surface area (Å²) in [5.74, 6) is 2.28. The predicted molar refractivity (Wildman–Crippen MR) is 99.4 cm³/mol. The number of aromatic nitrogens is 1. The number of oxazole rings is 1. The lowest BCUT2D eigenvalue weighted by Gasteiger charge is -2.31. The van der Waals surface area contributed by atoms with Crippen LogP contribution < -0.4 is 14.4 Å². The van der Waals surface area contributed by atoms with Gasteiger partial charge in [-0.3, -0.25) is 0 Å². The van der Waals surface area contributed by atoms with Gasteiger partial charge in [0.25, 0.3) is 0 Å². The van der Waals surface area contributed by atoms with Gasteiger partial charge in [-0.05, 0) is 30.8 Å².